The minimum absolute atomic E-state index is 0.488. The van der Waals surface area contributed by atoms with Crippen molar-refractivity contribution in [2.45, 2.75) is 38.0 Å². The monoisotopic (exact) mass is 345 g/mol. The molecule has 0 amide bonds. The molecular formula is C13H23N5O2S2. The van der Waals surface area contributed by atoms with Crippen LogP contribution in [-0.4, -0.2) is 55.3 Å². The second-order valence-corrected chi connectivity index (χ2v) is 8.47. The van der Waals surface area contributed by atoms with Gasteiger partial charge in [0.15, 0.2) is 0 Å². The number of nitrogens with one attached hydrogen (secondary N) is 1. The van der Waals surface area contributed by atoms with Gasteiger partial charge in [-0.1, -0.05) is 19.3 Å². The minimum Gasteiger partial charge on any atom is -0.344 e. The number of anilines is 1. The van der Waals surface area contributed by atoms with E-state index in [1.807, 2.05) is 0 Å². The van der Waals surface area contributed by atoms with E-state index in [4.69, 9.17) is 4.98 Å². The summed E-state index contributed by atoms with van der Waals surface area (Å²) in [4.78, 5) is 6.86. The molecular weight excluding hydrogens is 322 g/mol. The second-order valence-electron chi connectivity index (χ2n) is 5.87. The summed E-state index contributed by atoms with van der Waals surface area (Å²) in [5.41, 5.74) is 0. The van der Waals surface area contributed by atoms with Gasteiger partial charge in [-0.15, -0.1) is 0 Å². The number of aromatic nitrogens is 2. The van der Waals surface area contributed by atoms with Gasteiger partial charge in [0, 0.05) is 50.7 Å². The van der Waals surface area contributed by atoms with Crippen molar-refractivity contribution in [2.24, 2.45) is 0 Å². The van der Waals surface area contributed by atoms with Crippen LogP contribution in [0.15, 0.2) is 0 Å². The molecule has 2 aliphatic rings. The second kappa shape index (κ2) is 6.77. The van der Waals surface area contributed by atoms with E-state index in [1.54, 1.807) is 0 Å². The summed E-state index contributed by atoms with van der Waals surface area (Å²) in [7, 11) is -1.87. The van der Waals surface area contributed by atoms with E-state index in [0.717, 1.165) is 11.0 Å². The molecule has 1 saturated heterocycles. The highest BCUT2D eigenvalue weighted by Gasteiger charge is 2.28. The molecule has 22 heavy (non-hydrogen) atoms. The van der Waals surface area contributed by atoms with Crippen molar-refractivity contribution < 1.29 is 8.42 Å². The molecule has 7 nitrogen and oxygen atoms in total. The summed E-state index contributed by atoms with van der Waals surface area (Å²) in [6.45, 7) is 2.31. The van der Waals surface area contributed by atoms with Gasteiger partial charge in [-0.05, 0) is 12.8 Å². The Morgan fingerprint density at radius 2 is 1.82 bits per heavy atom. The van der Waals surface area contributed by atoms with Crippen molar-refractivity contribution in [1.29, 1.82) is 0 Å². The summed E-state index contributed by atoms with van der Waals surface area (Å²) < 4.78 is 31.9. The van der Waals surface area contributed by atoms with E-state index in [2.05, 4.69) is 14.0 Å². The lowest BCUT2D eigenvalue weighted by Gasteiger charge is -2.33. The van der Waals surface area contributed by atoms with Crippen LogP contribution >= 0.6 is 11.5 Å². The van der Waals surface area contributed by atoms with Crippen molar-refractivity contribution in [3.05, 3.63) is 5.82 Å². The van der Waals surface area contributed by atoms with Gasteiger partial charge in [0.05, 0.1) is 0 Å². The van der Waals surface area contributed by atoms with Gasteiger partial charge < -0.3 is 4.90 Å². The zero-order valence-corrected chi connectivity index (χ0v) is 14.5. The predicted molar refractivity (Wildman–Crippen MR) is 87.5 cm³/mol. The zero-order valence-electron chi connectivity index (χ0n) is 12.9. The highest BCUT2D eigenvalue weighted by atomic mass is 32.2. The summed E-state index contributed by atoms with van der Waals surface area (Å²) >= 11 is 1.45. The van der Waals surface area contributed by atoms with Crippen LogP contribution in [0.2, 0.25) is 0 Å². The van der Waals surface area contributed by atoms with Crippen LogP contribution in [0.3, 0.4) is 0 Å². The fourth-order valence-corrected chi connectivity index (χ4v) is 4.83. The largest absolute Gasteiger partial charge is 0.344 e. The lowest BCUT2D eigenvalue weighted by atomic mass is 9.89. The number of hydrogen-bond donors (Lipinski definition) is 1. The van der Waals surface area contributed by atoms with Crippen LogP contribution in [-0.2, 0) is 10.2 Å². The number of piperazine rings is 1. The van der Waals surface area contributed by atoms with Crippen LogP contribution in [0, 0.1) is 0 Å². The molecule has 1 aromatic rings. The van der Waals surface area contributed by atoms with E-state index in [0.29, 0.717) is 32.1 Å². The van der Waals surface area contributed by atoms with Crippen molar-refractivity contribution in [2.75, 3.05) is 38.1 Å². The Balaban J connectivity index is 1.61. The molecule has 1 aliphatic heterocycles. The lowest BCUT2D eigenvalue weighted by molar-refractivity contribution is 0.380. The molecule has 0 bridgehead atoms. The zero-order chi connectivity index (χ0) is 15.6. The number of nitrogens with zero attached hydrogens (tertiary/aromatic N) is 4. The molecule has 0 radical (unpaired) electrons. The van der Waals surface area contributed by atoms with E-state index >= 15 is 0 Å². The highest BCUT2D eigenvalue weighted by Crippen LogP contribution is 2.33. The molecule has 9 heteroatoms. The van der Waals surface area contributed by atoms with Gasteiger partial charge in [-0.25, -0.2) is 9.71 Å². The van der Waals surface area contributed by atoms with Crippen LogP contribution in [0.5, 0.6) is 0 Å². The fraction of sp³-hybridized carbons (Fsp3) is 0.846. The third-order valence-electron chi connectivity index (χ3n) is 4.51. The number of hydrogen-bond acceptors (Lipinski definition) is 6. The van der Waals surface area contributed by atoms with E-state index < -0.39 is 10.2 Å². The standard InChI is InChI=1S/C13H23N5O2S2/c1-14-22(19,20)18-9-7-17(8-10-18)13-15-12(16-21-13)11-5-3-2-4-6-11/h11,14H,2-10H2,1H3. The third kappa shape index (κ3) is 3.42. The molecule has 0 atom stereocenters. The lowest BCUT2D eigenvalue weighted by Crippen LogP contribution is -2.51. The van der Waals surface area contributed by atoms with Gasteiger partial charge in [0.25, 0.3) is 10.2 Å². The fourth-order valence-electron chi connectivity index (χ4n) is 3.13. The summed E-state index contributed by atoms with van der Waals surface area (Å²) in [5, 5.41) is 0.932. The molecule has 2 heterocycles. The molecule has 2 fully saturated rings. The van der Waals surface area contributed by atoms with Crippen LogP contribution in [0.1, 0.15) is 43.8 Å². The minimum atomic E-state index is -3.31. The van der Waals surface area contributed by atoms with Gasteiger partial charge in [0.2, 0.25) is 5.13 Å². The molecule has 0 aromatic carbocycles. The van der Waals surface area contributed by atoms with Gasteiger partial charge in [-0.2, -0.15) is 17.1 Å². The van der Waals surface area contributed by atoms with Crippen molar-refractivity contribution in [3.63, 3.8) is 0 Å². The SMILES string of the molecule is CNS(=O)(=O)N1CCN(c2nc(C3CCCCC3)ns2)CC1. The smallest absolute Gasteiger partial charge is 0.279 e. The Kier molecular flexibility index (Phi) is 4.96. The first-order valence-corrected chi connectivity index (χ1v) is 10.1. The van der Waals surface area contributed by atoms with Crippen molar-refractivity contribution >= 4 is 26.9 Å². The van der Waals surface area contributed by atoms with E-state index in [9.17, 15) is 8.42 Å². The van der Waals surface area contributed by atoms with E-state index in [-0.39, 0.29) is 0 Å². The molecule has 1 saturated carbocycles. The molecule has 1 N–H and O–H groups in total. The first-order chi connectivity index (χ1) is 10.6. The Hall–Kier alpha value is -0.770. The van der Waals surface area contributed by atoms with Gasteiger partial charge >= 0.3 is 0 Å². The average molecular weight is 345 g/mol. The molecule has 3 rings (SSSR count). The summed E-state index contributed by atoms with van der Waals surface area (Å²) in [6, 6.07) is 0. The first kappa shape index (κ1) is 16.1. The quantitative estimate of drug-likeness (QED) is 0.886. The Labute approximate surface area is 136 Å². The molecule has 0 unspecified atom stereocenters. The molecule has 124 valence electrons. The Morgan fingerprint density at radius 1 is 1.14 bits per heavy atom. The molecule has 1 aromatic heterocycles. The Bertz CT molecular complexity index is 589. The Morgan fingerprint density at radius 3 is 2.45 bits per heavy atom. The third-order valence-corrected chi connectivity index (χ3v) is 6.86. The van der Waals surface area contributed by atoms with Gasteiger partial charge in [-0.3, -0.25) is 0 Å². The van der Waals surface area contributed by atoms with Crippen molar-refractivity contribution in [1.82, 2.24) is 18.4 Å². The van der Waals surface area contributed by atoms with E-state index in [1.165, 1.54) is 55.0 Å². The average Bonchev–Trinajstić information content (AvgIpc) is 3.06. The maximum Gasteiger partial charge on any atom is 0.279 e. The molecule has 0 spiro atoms. The normalized spacial score (nSPS) is 22.1. The molecule has 1 aliphatic carbocycles. The first-order valence-electron chi connectivity index (χ1n) is 7.87. The summed E-state index contributed by atoms with van der Waals surface area (Å²) in [6.07, 6.45) is 6.28. The van der Waals surface area contributed by atoms with Crippen LogP contribution in [0.4, 0.5) is 5.13 Å². The van der Waals surface area contributed by atoms with Gasteiger partial charge in [0.1, 0.15) is 5.82 Å². The number of rotatable bonds is 4. The predicted octanol–water partition coefficient (Wildman–Crippen LogP) is 1.17. The van der Waals surface area contributed by atoms with Crippen LogP contribution < -0.4 is 9.62 Å². The topological polar surface area (TPSA) is 78.4 Å². The maximum atomic E-state index is 11.8. The highest BCUT2D eigenvalue weighted by molar-refractivity contribution is 7.87. The van der Waals surface area contributed by atoms with Crippen molar-refractivity contribution in [3.8, 4) is 0 Å². The summed E-state index contributed by atoms with van der Waals surface area (Å²) in [5.74, 6) is 1.51. The van der Waals surface area contributed by atoms with Crippen LogP contribution in [0.25, 0.3) is 0 Å². The maximum absolute atomic E-state index is 11.8.